The number of unbranched alkanes of at least 4 members (excludes halogenated alkanes) is 8. The normalized spacial score (nSPS) is 12.1. The maximum Gasteiger partial charge on any atom is 0.417 e. The minimum atomic E-state index is -1.01. The van der Waals surface area contributed by atoms with E-state index in [9.17, 15) is 38.7 Å². The number of benzene rings is 2. The Labute approximate surface area is 748 Å². The Morgan fingerprint density at radius 2 is 0.820 bits per heavy atom. The molecule has 696 valence electrons. The van der Waals surface area contributed by atoms with Crippen LogP contribution in [0.15, 0.2) is 86.0 Å². The first kappa shape index (κ1) is 101. The van der Waals surface area contributed by atoms with Crippen LogP contribution < -0.4 is 40.0 Å². The van der Waals surface area contributed by atoms with Crippen LogP contribution in [-0.4, -0.2) is 234 Å². The first-order chi connectivity index (χ1) is 61.1. The summed E-state index contributed by atoms with van der Waals surface area (Å²) in [5.41, 5.74) is 4.04. The van der Waals surface area contributed by atoms with Crippen LogP contribution in [0.25, 0.3) is 44.7 Å². The van der Waals surface area contributed by atoms with Crippen LogP contribution in [0.5, 0.6) is 0 Å². The molecule has 0 spiro atoms. The third-order valence-corrected chi connectivity index (χ3v) is 19.2. The number of ether oxygens (including phenoxy) is 6. The third kappa shape index (κ3) is 30.5. The Hall–Kier alpha value is -12.7. The lowest BCUT2D eigenvalue weighted by atomic mass is 10.2. The number of carbonyl (C=O) groups is 7. The number of imidazole rings is 4. The van der Waals surface area contributed by atoms with Crippen molar-refractivity contribution in [2.75, 3.05) is 126 Å². The molecule has 8 aromatic heterocycles. The number of aliphatic carboxylic acids is 2. The molecule has 3 amide bonds. The molecule has 1 aliphatic rings. The lowest BCUT2D eigenvalue weighted by Crippen LogP contribution is -2.39. The van der Waals surface area contributed by atoms with E-state index in [1.807, 2.05) is 133 Å². The SMILES string of the molecule is CCCCCN(C(=O)OC(C)(C)C)c1nc(N(C)CC)c2ncn(CC(=O)O)c2n1.CCCCCN(C(=O)OC(C)(C)C)c1nc(N(C)Cc2ccccc2)c2ncn(CC(=O)OCC)c2n1.CCCCCN(C(=O)OC(C)(C)C)c1nc(NCc2ccccc2)c2ncn(CC(=O)OCC)c2n1.CCCCCNc1nc(N2CCOCC2)c2ncn(CC(=O)O)c2n1. The molecule has 11 rings (SSSR count). The number of amides is 3. The van der Waals surface area contributed by atoms with E-state index in [4.69, 9.17) is 43.5 Å². The van der Waals surface area contributed by atoms with Gasteiger partial charge in [-0.3, -0.25) is 19.2 Å². The van der Waals surface area contributed by atoms with Crippen LogP contribution in [0.2, 0.25) is 0 Å². The molecule has 9 heterocycles. The minimum absolute atomic E-state index is 0.0507. The second-order valence-electron chi connectivity index (χ2n) is 33.5. The van der Waals surface area contributed by atoms with Gasteiger partial charge in [-0.1, -0.05) is 140 Å². The van der Waals surface area contributed by atoms with Crippen molar-refractivity contribution >= 4 is 134 Å². The van der Waals surface area contributed by atoms with Crippen molar-refractivity contribution in [2.24, 2.45) is 0 Å². The van der Waals surface area contributed by atoms with Gasteiger partial charge in [0.15, 0.2) is 67.9 Å². The van der Waals surface area contributed by atoms with E-state index in [1.165, 1.54) is 38.2 Å². The monoisotopic (exact) mass is 1780 g/mol. The van der Waals surface area contributed by atoms with Gasteiger partial charge in [-0.2, -0.15) is 39.9 Å². The average molecular weight is 1780 g/mol. The Balaban J connectivity index is 0.000000213. The molecule has 39 heteroatoms. The summed E-state index contributed by atoms with van der Waals surface area (Å²) in [6.07, 6.45) is 15.9. The molecule has 2 aromatic carbocycles. The molecule has 1 aliphatic heterocycles. The van der Waals surface area contributed by atoms with Gasteiger partial charge in [-0.25, -0.2) is 49.0 Å². The van der Waals surface area contributed by atoms with E-state index in [-0.39, 0.29) is 57.2 Å². The number of hydrogen-bond donors (Lipinski definition) is 4. The van der Waals surface area contributed by atoms with Crippen LogP contribution in [-0.2, 0) is 86.9 Å². The van der Waals surface area contributed by atoms with Gasteiger partial charge in [0.05, 0.1) is 51.7 Å². The highest BCUT2D eigenvalue weighted by Crippen LogP contribution is 2.32. The molecular weight excluding hydrogens is 1650 g/mol. The second-order valence-corrected chi connectivity index (χ2v) is 33.5. The van der Waals surface area contributed by atoms with E-state index in [2.05, 4.69) is 93.1 Å². The molecule has 1 saturated heterocycles. The molecule has 0 aliphatic carbocycles. The molecule has 0 atom stereocenters. The number of carboxylic acid groups (broad SMARTS) is 2. The first-order valence-corrected chi connectivity index (χ1v) is 44.1. The number of nitrogens with one attached hydrogen (secondary N) is 2. The number of carboxylic acids is 2. The van der Waals surface area contributed by atoms with Gasteiger partial charge in [-0.15, -0.1) is 0 Å². The fourth-order valence-electron chi connectivity index (χ4n) is 13.0. The summed E-state index contributed by atoms with van der Waals surface area (Å²) in [4.78, 5) is 151. The zero-order valence-electron chi connectivity index (χ0n) is 77.6. The van der Waals surface area contributed by atoms with Crippen molar-refractivity contribution in [2.45, 2.75) is 244 Å². The van der Waals surface area contributed by atoms with Crippen LogP contribution in [0.1, 0.15) is 199 Å². The zero-order valence-corrected chi connectivity index (χ0v) is 77.6. The van der Waals surface area contributed by atoms with E-state index < -0.39 is 59.0 Å². The predicted octanol–water partition coefficient (Wildman–Crippen LogP) is 14.5. The molecule has 39 nitrogen and oxygen atoms in total. The maximum absolute atomic E-state index is 13.3. The number of morpholine rings is 1. The molecule has 1 fully saturated rings. The second kappa shape index (κ2) is 48.8. The lowest BCUT2D eigenvalue weighted by Gasteiger charge is -2.28. The topological polar surface area (TPSA) is 433 Å². The molecule has 0 bridgehead atoms. The van der Waals surface area contributed by atoms with Crippen molar-refractivity contribution in [1.29, 1.82) is 0 Å². The summed E-state index contributed by atoms with van der Waals surface area (Å²) < 4.78 is 38.8. The van der Waals surface area contributed by atoms with E-state index in [1.54, 1.807) is 54.6 Å². The highest BCUT2D eigenvalue weighted by molar-refractivity contribution is 5.94. The Morgan fingerprint density at radius 1 is 0.438 bits per heavy atom. The molecule has 0 radical (unpaired) electrons. The fraction of sp³-hybridized carbons (Fsp3) is 0.562. The molecule has 10 aromatic rings. The van der Waals surface area contributed by atoms with Crippen molar-refractivity contribution in [1.82, 2.24) is 78.1 Å². The number of aromatic nitrogens is 16. The number of fused-ring (bicyclic) bond motifs is 4. The smallest absolute Gasteiger partial charge is 0.417 e. The van der Waals surface area contributed by atoms with Crippen LogP contribution in [0.3, 0.4) is 0 Å². The lowest BCUT2D eigenvalue weighted by molar-refractivity contribution is -0.144. The fourth-order valence-corrected chi connectivity index (χ4v) is 13.0. The van der Waals surface area contributed by atoms with Crippen molar-refractivity contribution in [3.63, 3.8) is 0 Å². The van der Waals surface area contributed by atoms with Crippen LogP contribution in [0.4, 0.5) is 61.4 Å². The molecule has 128 heavy (non-hydrogen) atoms. The summed E-state index contributed by atoms with van der Waals surface area (Å²) in [7, 11) is 3.77. The number of anilines is 8. The highest BCUT2D eigenvalue weighted by Gasteiger charge is 2.33. The number of esters is 2. The van der Waals surface area contributed by atoms with Gasteiger partial charge >= 0.3 is 42.2 Å². The van der Waals surface area contributed by atoms with Crippen LogP contribution >= 0.6 is 0 Å². The summed E-state index contributed by atoms with van der Waals surface area (Å²) >= 11 is 0. The summed E-state index contributed by atoms with van der Waals surface area (Å²) in [5.74, 6) is 0.632. The number of rotatable bonds is 39. The summed E-state index contributed by atoms with van der Waals surface area (Å²) in [5, 5.41) is 24.9. The van der Waals surface area contributed by atoms with E-state index >= 15 is 0 Å². The number of nitrogens with zero attached hydrogens (tertiary/aromatic N) is 22. The Morgan fingerprint density at radius 3 is 1.23 bits per heavy atom. The summed E-state index contributed by atoms with van der Waals surface area (Å²) in [6.45, 7) is 36.7. The van der Waals surface area contributed by atoms with Gasteiger partial charge in [0.2, 0.25) is 23.8 Å². The van der Waals surface area contributed by atoms with Crippen molar-refractivity contribution in [3.8, 4) is 0 Å². The molecule has 4 N–H and O–H groups in total. The number of hydrogen-bond acceptors (Lipinski definition) is 30. The molecule has 0 saturated carbocycles. The Bertz CT molecular complexity index is 5230. The predicted molar refractivity (Wildman–Crippen MR) is 491 cm³/mol. The third-order valence-electron chi connectivity index (χ3n) is 19.2. The number of carbonyl (C=O) groups excluding carboxylic acids is 5. The van der Waals surface area contributed by atoms with E-state index in [0.29, 0.717) is 121 Å². The van der Waals surface area contributed by atoms with Gasteiger partial charge in [0, 0.05) is 73.0 Å². The first-order valence-electron chi connectivity index (χ1n) is 44.1. The van der Waals surface area contributed by atoms with Gasteiger partial charge in [0.25, 0.3) is 0 Å². The quantitative estimate of drug-likeness (QED) is 0.0158. The highest BCUT2D eigenvalue weighted by atomic mass is 16.6. The van der Waals surface area contributed by atoms with Crippen molar-refractivity contribution < 1.29 is 72.2 Å². The standard InChI is InChI=1S/C27H38N6O4.C26H36N6O4.C20H32N6O4.C16H24N6O3/c1-7-9-13-16-33(26(35)37-27(3,4)5)25-29-23(31(6)17-20-14-11-10-12-15-20)22-24(30-25)32(19-28-22)18-21(34)36-8-2;1-6-8-12-15-32(25(34)36-26(3,4)5)24-29-22(27-16-19-13-10-9-11-14-19)21-23(30-24)31(18-28-21)17-20(33)35-7-2;1-7-9-10-11-26(19(29)30-20(3,4)5)18-22-16(24(6)8-2)15-17(23-18)25(13-21-15)12-14(27)28;1-2-3-4-5-17-16-19-14(21-6-8-25-9-7-21)13-15(20-16)22(11-18-13)10-12(23)24/h10-12,14-15,19H,7-9,13,16-18H2,1-6H3;9-11,13-14,18H,6-8,12,15-17H2,1-5H3,(H,27,29,30);13H,7-12H2,1-6H3,(H,27,28);11H,2-10H2,1H3,(H,23,24)(H,17,19,20). The van der Waals surface area contributed by atoms with Gasteiger partial charge < -0.3 is 82.2 Å². The van der Waals surface area contributed by atoms with E-state index in [0.717, 1.165) is 114 Å². The van der Waals surface area contributed by atoms with Gasteiger partial charge in [-0.05, 0) is 120 Å². The molecule has 0 unspecified atom stereocenters. The minimum Gasteiger partial charge on any atom is -0.480 e. The Kier molecular flexibility index (Phi) is 38.4. The van der Waals surface area contributed by atoms with Crippen LogP contribution in [0, 0.1) is 0 Å². The van der Waals surface area contributed by atoms with Crippen molar-refractivity contribution in [3.05, 3.63) is 97.1 Å². The molecular formula is C89H130N24O15. The maximum atomic E-state index is 13.3. The average Bonchev–Trinajstić information content (AvgIpc) is 1.55. The van der Waals surface area contributed by atoms with Gasteiger partial charge in [0.1, 0.15) is 43.0 Å². The zero-order chi connectivity index (χ0) is 93.3. The summed E-state index contributed by atoms with van der Waals surface area (Å²) in [6, 6.07) is 19.9. The largest absolute Gasteiger partial charge is 0.480 e.